The van der Waals surface area contributed by atoms with Crippen LogP contribution >= 0.6 is 12.6 Å². The van der Waals surface area contributed by atoms with Gasteiger partial charge in [-0.3, -0.25) is 4.79 Å². The summed E-state index contributed by atoms with van der Waals surface area (Å²) in [5, 5.41) is 3.14. The van der Waals surface area contributed by atoms with E-state index < -0.39 is 0 Å². The molecule has 94 valence electrons. The Kier molecular flexibility index (Phi) is 4.33. The molecule has 1 rings (SSSR count). The average molecular weight is 243 g/mol. The van der Waals surface area contributed by atoms with Crippen molar-refractivity contribution >= 4 is 18.5 Å². The van der Waals surface area contributed by atoms with Crippen LogP contribution in [0.5, 0.6) is 0 Å². The molecule has 2 nitrogen and oxygen atoms in total. The van der Waals surface area contributed by atoms with Gasteiger partial charge in [-0.25, -0.2) is 0 Å². The largest absolute Gasteiger partial charge is 0.353 e. The molecular weight excluding hydrogens is 218 g/mol. The van der Waals surface area contributed by atoms with E-state index in [1.54, 1.807) is 0 Å². The van der Waals surface area contributed by atoms with Gasteiger partial charge in [0, 0.05) is 12.5 Å². The Balaban J connectivity index is 2.57. The van der Waals surface area contributed by atoms with Crippen LogP contribution in [0.4, 0.5) is 0 Å². The van der Waals surface area contributed by atoms with Crippen LogP contribution < -0.4 is 5.32 Å². The van der Waals surface area contributed by atoms with Gasteiger partial charge < -0.3 is 5.32 Å². The zero-order chi connectivity index (χ0) is 12.4. The molecule has 1 amide bonds. The van der Waals surface area contributed by atoms with E-state index in [1.165, 1.54) is 6.42 Å². The van der Waals surface area contributed by atoms with Gasteiger partial charge >= 0.3 is 0 Å². The van der Waals surface area contributed by atoms with E-state index in [-0.39, 0.29) is 5.91 Å². The van der Waals surface area contributed by atoms with Crippen LogP contribution in [0.1, 0.15) is 53.4 Å². The van der Waals surface area contributed by atoms with Crippen molar-refractivity contribution in [3.05, 3.63) is 0 Å². The molecule has 1 aliphatic rings. The SMILES string of the molecule is CC1(C)CC(NC(=O)CCS)CC(C)(C)C1. The summed E-state index contributed by atoms with van der Waals surface area (Å²) in [6.45, 7) is 9.19. The highest BCUT2D eigenvalue weighted by atomic mass is 32.1. The van der Waals surface area contributed by atoms with Gasteiger partial charge in [0.2, 0.25) is 5.91 Å². The van der Waals surface area contributed by atoms with Crippen LogP contribution in [0, 0.1) is 10.8 Å². The van der Waals surface area contributed by atoms with E-state index >= 15 is 0 Å². The Hall–Kier alpha value is -0.180. The number of hydrogen-bond acceptors (Lipinski definition) is 2. The molecule has 1 aliphatic carbocycles. The molecule has 0 radical (unpaired) electrons. The molecule has 0 unspecified atom stereocenters. The van der Waals surface area contributed by atoms with Gasteiger partial charge in [0.1, 0.15) is 0 Å². The summed E-state index contributed by atoms with van der Waals surface area (Å²) in [7, 11) is 0. The second kappa shape index (κ2) is 4.99. The number of thiol groups is 1. The molecule has 0 spiro atoms. The zero-order valence-corrected chi connectivity index (χ0v) is 11.9. The average Bonchev–Trinajstić information content (AvgIpc) is 1.96. The van der Waals surface area contributed by atoms with Crippen LogP contribution in [0.3, 0.4) is 0 Å². The molecule has 0 aliphatic heterocycles. The minimum atomic E-state index is 0.147. The van der Waals surface area contributed by atoms with E-state index in [0.29, 0.717) is 29.0 Å². The molecule has 0 bridgehead atoms. The van der Waals surface area contributed by atoms with Crippen molar-refractivity contribution in [2.75, 3.05) is 5.75 Å². The predicted molar refractivity (Wildman–Crippen MR) is 71.8 cm³/mol. The van der Waals surface area contributed by atoms with Crippen LogP contribution in [-0.4, -0.2) is 17.7 Å². The van der Waals surface area contributed by atoms with Crippen molar-refractivity contribution in [3.63, 3.8) is 0 Å². The second-order valence-electron chi connectivity index (χ2n) is 6.65. The molecule has 0 saturated heterocycles. The lowest BCUT2D eigenvalue weighted by Gasteiger charge is -2.45. The van der Waals surface area contributed by atoms with E-state index in [0.717, 1.165) is 12.8 Å². The minimum Gasteiger partial charge on any atom is -0.353 e. The van der Waals surface area contributed by atoms with Gasteiger partial charge in [0.15, 0.2) is 0 Å². The number of amides is 1. The molecule has 1 N–H and O–H groups in total. The summed E-state index contributed by atoms with van der Waals surface area (Å²) >= 11 is 4.09. The number of hydrogen-bond donors (Lipinski definition) is 2. The maximum absolute atomic E-state index is 11.6. The zero-order valence-electron chi connectivity index (χ0n) is 11.0. The Morgan fingerprint density at radius 1 is 1.25 bits per heavy atom. The van der Waals surface area contributed by atoms with Gasteiger partial charge in [-0.2, -0.15) is 12.6 Å². The van der Waals surface area contributed by atoms with Gasteiger partial charge in [0.25, 0.3) is 0 Å². The van der Waals surface area contributed by atoms with Gasteiger partial charge in [-0.15, -0.1) is 0 Å². The predicted octanol–water partition coefficient (Wildman–Crippen LogP) is 3.03. The van der Waals surface area contributed by atoms with E-state index in [4.69, 9.17) is 0 Å². The number of carbonyl (C=O) groups excluding carboxylic acids is 1. The number of carbonyl (C=O) groups is 1. The first-order valence-corrected chi connectivity index (χ1v) is 6.78. The molecule has 1 saturated carbocycles. The molecule has 0 aromatic rings. The van der Waals surface area contributed by atoms with Crippen molar-refractivity contribution in [2.24, 2.45) is 10.8 Å². The lowest BCUT2D eigenvalue weighted by molar-refractivity contribution is -0.122. The third-order valence-electron chi connectivity index (χ3n) is 3.26. The summed E-state index contributed by atoms with van der Waals surface area (Å²) in [6.07, 6.45) is 3.95. The van der Waals surface area contributed by atoms with Gasteiger partial charge in [-0.05, 0) is 35.8 Å². The number of nitrogens with one attached hydrogen (secondary N) is 1. The fourth-order valence-electron chi connectivity index (χ4n) is 3.35. The lowest BCUT2D eigenvalue weighted by atomic mass is 9.63. The van der Waals surface area contributed by atoms with E-state index in [2.05, 4.69) is 45.6 Å². The van der Waals surface area contributed by atoms with Crippen LogP contribution in [-0.2, 0) is 4.79 Å². The third kappa shape index (κ3) is 4.36. The summed E-state index contributed by atoms with van der Waals surface area (Å²) in [5.41, 5.74) is 0.668. The van der Waals surface area contributed by atoms with E-state index in [1.807, 2.05) is 0 Å². The lowest BCUT2D eigenvalue weighted by Crippen LogP contribution is -2.46. The van der Waals surface area contributed by atoms with Crippen LogP contribution in [0.25, 0.3) is 0 Å². The van der Waals surface area contributed by atoms with Crippen LogP contribution in [0.15, 0.2) is 0 Å². The van der Waals surface area contributed by atoms with Crippen molar-refractivity contribution in [1.29, 1.82) is 0 Å². The molecule has 0 aromatic heterocycles. The first kappa shape index (κ1) is 13.9. The highest BCUT2D eigenvalue weighted by Gasteiger charge is 2.38. The van der Waals surface area contributed by atoms with Crippen molar-refractivity contribution in [1.82, 2.24) is 5.32 Å². The summed E-state index contributed by atoms with van der Waals surface area (Å²) in [6, 6.07) is 0.339. The molecule has 16 heavy (non-hydrogen) atoms. The Labute approximate surface area is 105 Å². The Morgan fingerprint density at radius 2 is 1.75 bits per heavy atom. The third-order valence-corrected chi connectivity index (χ3v) is 3.48. The summed E-state index contributed by atoms with van der Waals surface area (Å²) in [5.74, 6) is 0.777. The fraction of sp³-hybridized carbons (Fsp3) is 0.923. The van der Waals surface area contributed by atoms with Crippen molar-refractivity contribution in [3.8, 4) is 0 Å². The van der Waals surface area contributed by atoms with Gasteiger partial charge in [0.05, 0.1) is 0 Å². The molecular formula is C13H25NOS. The highest BCUT2D eigenvalue weighted by molar-refractivity contribution is 7.80. The maximum atomic E-state index is 11.6. The fourth-order valence-corrected chi connectivity index (χ4v) is 3.55. The highest BCUT2D eigenvalue weighted by Crippen LogP contribution is 2.45. The number of rotatable bonds is 3. The smallest absolute Gasteiger partial charge is 0.221 e. The molecule has 0 atom stereocenters. The minimum absolute atomic E-state index is 0.147. The molecule has 1 fully saturated rings. The van der Waals surface area contributed by atoms with E-state index in [9.17, 15) is 4.79 Å². The Morgan fingerprint density at radius 3 is 2.19 bits per heavy atom. The standard InChI is InChI=1S/C13H25NOS/c1-12(2)7-10(8-13(3,4)9-12)14-11(15)5-6-16/h10,16H,5-9H2,1-4H3,(H,14,15). The maximum Gasteiger partial charge on any atom is 0.221 e. The topological polar surface area (TPSA) is 29.1 Å². The second-order valence-corrected chi connectivity index (χ2v) is 7.10. The molecule has 0 heterocycles. The quantitative estimate of drug-likeness (QED) is 0.733. The first-order chi connectivity index (χ1) is 7.24. The van der Waals surface area contributed by atoms with Crippen molar-refractivity contribution in [2.45, 2.75) is 59.4 Å². The normalized spacial score (nSPS) is 24.1. The molecule has 3 heteroatoms. The first-order valence-electron chi connectivity index (χ1n) is 6.14. The van der Waals surface area contributed by atoms with Crippen molar-refractivity contribution < 1.29 is 4.79 Å². The Bertz CT molecular complexity index is 245. The summed E-state index contributed by atoms with van der Waals surface area (Å²) in [4.78, 5) is 11.6. The van der Waals surface area contributed by atoms with Crippen LogP contribution in [0.2, 0.25) is 0 Å². The molecule has 0 aromatic carbocycles. The van der Waals surface area contributed by atoms with Gasteiger partial charge in [-0.1, -0.05) is 27.7 Å². The summed E-state index contributed by atoms with van der Waals surface area (Å²) < 4.78 is 0. The monoisotopic (exact) mass is 243 g/mol.